The first-order valence-electron chi connectivity index (χ1n) is 14.3. The number of methoxy groups -OCH3 is 3. The van der Waals surface area contributed by atoms with Gasteiger partial charge in [0.2, 0.25) is 11.7 Å². The first kappa shape index (κ1) is 30.3. The molecule has 1 amide bonds. The predicted molar refractivity (Wildman–Crippen MR) is 169 cm³/mol. The van der Waals surface area contributed by atoms with Crippen molar-refractivity contribution >= 4 is 34.7 Å². The van der Waals surface area contributed by atoms with Crippen molar-refractivity contribution in [1.29, 1.82) is 0 Å². The molecular formula is C34H38ClN3O5. The van der Waals surface area contributed by atoms with Crippen molar-refractivity contribution < 1.29 is 23.8 Å². The van der Waals surface area contributed by atoms with Crippen LogP contribution in [0.2, 0.25) is 5.02 Å². The number of hydrogen-bond donors (Lipinski definition) is 2. The zero-order valence-corrected chi connectivity index (χ0v) is 26.0. The third-order valence-electron chi connectivity index (χ3n) is 7.97. The van der Waals surface area contributed by atoms with E-state index in [0.29, 0.717) is 53.7 Å². The molecule has 8 nitrogen and oxygen atoms in total. The third-order valence-corrected chi connectivity index (χ3v) is 8.22. The number of carbonyl (C=O) groups is 2. The number of carbonyl (C=O) groups excluding carboxylic acids is 2. The number of halogens is 1. The third kappa shape index (κ3) is 6.44. The molecule has 1 unspecified atom stereocenters. The number of rotatable bonds is 9. The zero-order valence-electron chi connectivity index (χ0n) is 25.3. The van der Waals surface area contributed by atoms with Crippen molar-refractivity contribution in [1.82, 2.24) is 5.32 Å². The molecule has 1 heterocycles. The summed E-state index contributed by atoms with van der Waals surface area (Å²) in [4.78, 5) is 29.6. The minimum Gasteiger partial charge on any atom is -0.493 e. The van der Waals surface area contributed by atoms with Crippen LogP contribution in [0.1, 0.15) is 43.9 Å². The molecule has 3 aromatic rings. The molecule has 1 atom stereocenters. The van der Waals surface area contributed by atoms with E-state index in [9.17, 15) is 9.59 Å². The van der Waals surface area contributed by atoms with Crippen LogP contribution >= 0.6 is 11.6 Å². The number of ether oxygens (including phenoxy) is 3. The standard InChI is InChI=1S/C34H38ClN3O5/c1-34(2)18-25-31(27(39)19-34)32(22-16-28(41-3)33(43-5)29(17-22)42-4)38(26-9-7-6-8-24(26)37-25)20-30(40)36-15-14-21-10-12-23(35)13-11-21/h6-13,16-17,32,37H,14-15,18-20H2,1-5H3,(H,36,40). The van der Waals surface area contributed by atoms with Crippen LogP contribution in [0.25, 0.3) is 0 Å². The number of nitrogens with one attached hydrogen (secondary N) is 2. The van der Waals surface area contributed by atoms with Crippen LogP contribution in [0.15, 0.2) is 71.9 Å². The van der Waals surface area contributed by atoms with Gasteiger partial charge in [0.05, 0.1) is 45.3 Å². The summed E-state index contributed by atoms with van der Waals surface area (Å²) in [6.45, 7) is 4.69. The molecule has 0 fully saturated rings. The van der Waals surface area contributed by atoms with Crippen molar-refractivity contribution in [3.8, 4) is 17.2 Å². The topological polar surface area (TPSA) is 89.1 Å². The van der Waals surface area contributed by atoms with Crippen LogP contribution in [-0.2, 0) is 16.0 Å². The molecule has 0 aromatic heterocycles. The Morgan fingerprint density at radius 2 is 1.67 bits per heavy atom. The molecule has 2 N–H and O–H groups in total. The summed E-state index contributed by atoms with van der Waals surface area (Å²) in [7, 11) is 4.69. The summed E-state index contributed by atoms with van der Waals surface area (Å²) >= 11 is 6.02. The van der Waals surface area contributed by atoms with Crippen LogP contribution in [0.3, 0.4) is 0 Å². The van der Waals surface area contributed by atoms with Gasteiger partial charge in [-0.25, -0.2) is 0 Å². The highest BCUT2D eigenvalue weighted by atomic mass is 35.5. The Hall–Kier alpha value is -4.17. The van der Waals surface area contributed by atoms with Crippen LogP contribution in [0, 0.1) is 5.41 Å². The number of Topliss-reactive ketones (excluding diaryl/α,β-unsaturated/α-hetero) is 1. The number of amides is 1. The van der Waals surface area contributed by atoms with E-state index in [1.54, 1.807) is 21.3 Å². The number of para-hydroxylation sites is 2. The highest BCUT2D eigenvalue weighted by Crippen LogP contribution is 2.50. The molecule has 43 heavy (non-hydrogen) atoms. The summed E-state index contributed by atoms with van der Waals surface area (Å²) < 4.78 is 17.0. The maximum Gasteiger partial charge on any atom is 0.239 e. The molecule has 0 saturated heterocycles. The molecule has 0 spiro atoms. The second-order valence-corrected chi connectivity index (χ2v) is 12.1. The second kappa shape index (κ2) is 12.6. The molecule has 0 saturated carbocycles. The molecular weight excluding hydrogens is 566 g/mol. The van der Waals surface area contributed by atoms with E-state index in [1.165, 1.54) is 0 Å². The lowest BCUT2D eigenvalue weighted by Crippen LogP contribution is -2.42. The maximum absolute atomic E-state index is 14.0. The van der Waals surface area contributed by atoms with Crippen molar-refractivity contribution in [2.75, 3.05) is 44.6 Å². The lowest BCUT2D eigenvalue weighted by atomic mass is 9.73. The lowest BCUT2D eigenvalue weighted by molar-refractivity contribution is -0.120. The van der Waals surface area contributed by atoms with Crippen LogP contribution in [-0.4, -0.2) is 46.1 Å². The number of ketones is 1. The molecule has 2 aliphatic rings. The van der Waals surface area contributed by atoms with E-state index < -0.39 is 6.04 Å². The number of fused-ring (bicyclic) bond motifs is 1. The molecule has 0 bridgehead atoms. The minimum absolute atomic E-state index is 0.0219. The zero-order chi connectivity index (χ0) is 30.7. The number of nitrogens with zero attached hydrogens (tertiary/aromatic N) is 1. The number of allylic oxidation sites excluding steroid dienone is 1. The van der Waals surface area contributed by atoms with Gasteiger partial charge in [0.1, 0.15) is 0 Å². The van der Waals surface area contributed by atoms with Gasteiger partial charge in [-0.2, -0.15) is 0 Å². The van der Waals surface area contributed by atoms with Crippen LogP contribution in [0.4, 0.5) is 11.4 Å². The van der Waals surface area contributed by atoms with Crippen molar-refractivity contribution in [3.63, 3.8) is 0 Å². The summed E-state index contributed by atoms with van der Waals surface area (Å²) in [6.07, 6.45) is 1.75. The van der Waals surface area contributed by atoms with E-state index in [0.717, 1.165) is 28.2 Å². The first-order chi connectivity index (χ1) is 20.6. The van der Waals surface area contributed by atoms with E-state index in [4.69, 9.17) is 25.8 Å². The predicted octanol–water partition coefficient (Wildman–Crippen LogP) is 6.34. The van der Waals surface area contributed by atoms with Crippen LogP contribution in [0.5, 0.6) is 17.2 Å². The molecule has 5 rings (SSSR count). The fourth-order valence-corrected chi connectivity index (χ4v) is 6.17. The highest BCUT2D eigenvalue weighted by Gasteiger charge is 2.42. The van der Waals surface area contributed by atoms with Gasteiger partial charge >= 0.3 is 0 Å². The summed E-state index contributed by atoms with van der Waals surface area (Å²) in [5.41, 5.74) is 4.76. The van der Waals surface area contributed by atoms with E-state index in [-0.39, 0.29) is 23.7 Å². The molecule has 226 valence electrons. The Balaban J connectivity index is 1.59. The smallest absolute Gasteiger partial charge is 0.239 e. The molecule has 3 aromatic carbocycles. The molecule has 9 heteroatoms. The SMILES string of the molecule is COc1cc(C2C3=C(CC(C)(C)CC3=O)Nc3ccccc3N2CC(=O)NCCc2ccc(Cl)cc2)cc(OC)c1OC. The van der Waals surface area contributed by atoms with Gasteiger partial charge in [0.25, 0.3) is 0 Å². The Morgan fingerprint density at radius 3 is 2.33 bits per heavy atom. The van der Waals surface area contributed by atoms with E-state index >= 15 is 0 Å². The van der Waals surface area contributed by atoms with Gasteiger partial charge in [-0.3, -0.25) is 9.59 Å². The highest BCUT2D eigenvalue weighted by molar-refractivity contribution is 6.30. The molecule has 0 radical (unpaired) electrons. The number of hydrogen-bond acceptors (Lipinski definition) is 7. The van der Waals surface area contributed by atoms with Crippen LogP contribution < -0.4 is 29.7 Å². The Labute approximate surface area is 258 Å². The van der Waals surface area contributed by atoms with E-state index in [1.807, 2.05) is 65.6 Å². The second-order valence-electron chi connectivity index (χ2n) is 11.7. The maximum atomic E-state index is 14.0. The average molecular weight is 604 g/mol. The molecule has 1 aliphatic carbocycles. The molecule has 1 aliphatic heterocycles. The fourth-order valence-electron chi connectivity index (χ4n) is 6.04. The first-order valence-corrected chi connectivity index (χ1v) is 14.7. The van der Waals surface area contributed by atoms with Crippen molar-refractivity contribution in [2.24, 2.45) is 5.41 Å². The average Bonchev–Trinajstić information content (AvgIpc) is 3.11. The minimum atomic E-state index is -0.592. The van der Waals surface area contributed by atoms with Crippen molar-refractivity contribution in [2.45, 2.75) is 39.2 Å². The monoisotopic (exact) mass is 603 g/mol. The Kier molecular flexibility index (Phi) is 8.87. The number of benzene rings is 3. The largest absolute Gasteiger partial charge is 0.493 e. The van der Waals surface area contributed by atoms with Gasteiger partial charge in [-0.15, -0.1) is 0 Å². The number of anilines is 2. The van der Waals surface area contributed by atoms with Gasteiger partial charge in [0, 0.05) is 29.3 Å². The summed E-state index contributed by atoms with van der Waals surface area (Å²) in [5, 5.41) is 7.33. The van der Waals surface area contributed by atoms with Crippen molar-refractivity contribution in [3.05, 3.63) is 88.1 Å². The van der Waals surface area contributed by atoms with Gasteiger partial charge in [-0.1, -0.05) is 49.7 Å². The Bertz CT molecular complexity index is 1520. The quantitative estimate of drug-likeness (QED) is 0.295. The Morgan fingerprint density at radius 1 is 1.00 bits per heavy atom. The van der Waals surface area contributed by atoms with E-state index in [2.05, 4.69) is 24.5 Å². The fraction of sp³-hybridized carbons (Fsp3) is 0.353. The van der Waals surface area contributed by atoms with Gasteiger partial charge < -0.3 is 29.7 Å². The van der Waals surface area contributed by atoms with Gasteiger partial charge in [-0.05, 0) is 65.8 Å². The summed E-state index contributed by atoms with van der Waals surface area (Å²) in [5.74, 6) is 1.28. The summed E-state index contributed by atoms with van der Waals surface area (Å²) in [6, 6.07) is 18.6. The van der Waals surface area contributed by atoms with Gasteiger partial charge in [0.15, 0.2) is 17.3 Å². The normalized spacial score (nSPS) is 17.3. The lowest BCUT2D eigenvalue weighted by Gasteiger charge is -2.38.